The van der Waals surface area contributed by atoms with Crippen LogP contribution < -0.4 is 14.4 Å². The molecule has 7 heteroatoms. The fourth-order valence-electron chi connectivity index (χ4n) is 3.08. The van der Waals surface area contributed by atoms with Gasteiger partial charge in [-0.3, -0.25) is 9.69 Å². The summed E-state index contributed by atoms with van der Waals surface area (Å²) < 4.78 is 12.4. The molecule has 31 heavy (non-hydrogen) atoms. The summed E-state index contributed by atoms with van der Waals surface area (Å²) in [6, 6.07) is 22.6. The third kappa shape index (κ3) is 5.16. The molecule has 0 bridgehead atoms. The lowest BCUT2D eigenvalue weighted by Crippen LogP contribution is -2.34. The Labute approximate surface area is 189 Å². The number of carbonyl (C=O) groups is 1. The number of para-hydroxylation sites is 1. The van der Waals surface area contributed by atoms with Crippen molar-refractivity contribution in [2.24, 2.45) is 0 Å². The number of fused-ring (bicyclic) bond motifs is 1. The summed E-state index contributed by atoms with van der Waals surface area (Å²) >= 11 is 7.38. The Morgan fingerprint density at radius 2 is 1.77 bits per heavy atom. The van der Waals surface area contributed by atoms with Gasteiger partial charge in [0.2, 0.25) is 0 Å². The zero-order chi connectivity index (χ0) is 21.6. The maximum Gasteiger partial charge on any atom is 0.267 e. The van der Waals surface area contributed by atoms with E-state index in [0.717, 1.165) is 15.8 Å². The van der Waals surface area contributed by atoms with Gasteiger partial charge < -0.3 is 9.47 Å². The van der Waals surface area contributed by atoms with E-state index < -0.39 is 0 Å². The van der Waals surface area contributed by atoms with Gasteiger partial charge >= 0.3 is 0 Å². The molecule has 0 aliphatic heterocycles. The van der Waals surface area contributed by atoms with Crippen LogP contribution >= 0.6 is 22.9 Å². The third-order valence-corrected chi connectivity index (χ3v) is 5.86. The standard InChI is InChI=1S/C24H21ClN2O3S/c1-2-29-20-9-6-10-21-23(20)26-24(31-21)27(15-17-7-4-3-5-8-17)22(28)16-30-19-13-11-18(25)12-14-19/h3-14H,2,15-16H2,1H3. The molecule has 0 aliphatic carbocycles. The van der Waals surface area contributed by atoms with Crippen LogP contribution in [0.15, 0.2) is 72.8 Å². The highest BCUT2D eigenvalue weighted by molar-refractivity contribution is 7.22. The van der Waals surface area contributed by atoms with Gasteiger partial charge in [0.05, 0.1) is 17.9 Å². The van der Waals surface area contributed by atoms with Crippen molar-refractivity contribution in [3.8, 4) is 11.5 Å². The van der Waals surface area contributed by atoms with Gasteiger partial charge in [0.1, 0.15) is 17.0 Å². The van der Waals surface area contributed by atoms with Crippen LogP contribution in [0.25, 0.3) is 10.2 Å². The van der Waals surface area contributed by atoms with Crippen LogP contribution in [-0.4, -0.2) is 24.1 Å². The number of hydrogen-bond acceptors (Lipinski definition) is 5. The highest BCUT2D eigenvalue weighted by atomic mass is 35.5. The van der Waals surface area contributed by atoms with Gasteiger partial charge in [-0.25, -0.2) is 4.98 Å². The van der Waals surface area contributed by atoms with Crippen molar-refractivity contribution in [1.29, 1.82) is 0 Å². The predicted octanol–water partition coefficient (Wildman–Crippen LogP) is 5.96. The fraction of sp³-hybridized carbons (Fsp3) is 0.167. The number of halogens is 1. The van der Waals surface area contributed by atoms with Crippen molar-refractivity contribution < 1.29 is 14.3 Å². The first-order chi connectivity index (χ1) is 15.1. The van der Waals surface area contributed by atoms with Crippen LogP contribution in [-0.2, 0) is 11.3 Å². The van der Waals surface area contributed by atoms with E-state index >= 15 is 0 Å². The molecule has 1 heterocycles. The molecule has 1 amide bonds. The number of thiazole rings is 1. The number of carbonyl (C=O) groups excluding carboxylic acids is 1. The van der Waals surface area contributed by atoms with E-state index in [1.807, 2.05) is 55.5 Å². The maximum absolute atomic E-state index is 13.2. The number of ether oxygens (including phenoxy) is 2. The summed E-state index contributed by atoms with van der Waals surface area (Å²) in [5.74, 6) is 1.11. The number of hydrogen-bond donors (Lipinski definition) is 0. The molecule has 4 aromatic rings. The lowest BCUT2D eigenvalue weighted by Gasteiger charge is -2.20. The van der Waals surface area contributed by atoms with Gasteiger partial charge in [0, 0.05) is 5.02 Å². The minimum absolute atomic E-state index is 0.108. The fourth-order valence-corrected chi connectivity index (χ4v) is 4.21. The van der Waals surface area contributed by atoms with Gasteiger partial charge in [0.25, 0.3) is 5.91 Å². The topological polar surface area (TPSA) is 51.7 Å². The van der Waals surface area contributed by atoms with Gasteiger partial charge in [-0.2, -0.15) is 0 Å². The Bertz CT molecular complexity index is 1160. The summed E-state index contributed by atoms with van der Waals surface area (Å²) in [6.07, 6.45) is 0. The average molecular weight is 453 g/mol. The van der Waals surface area contributed by atoms with E-state index in [2.05, 4.69) is 0 Å². The summed E-state index contributed by atoms with van der Waals surface area (Å²) in [5.41, 5.74) is 1.76. The normalized spacial score (nSPS) is 10.8. The molecule has 3 aromatic carbocycles. The van der Waals surface area contributed by atoms with E-state index in [1.54, 1.807) is 29.2 Å². The summed E-state index contributed by atoms with van der Waals surface area (Å²) in [7, 11) is 0. The molecule has 0 unspecified atom stereocenters. The van der Waals surface area contributed by atoms with E-state index in [0.29, 0.717) is 34.8 Å². The summed E-state index contributed by atoms with van der Waals surface area (Å²) in [4.78, 5) is 19.6. The molecular formula is C24H21ClN2O3S. The van der Waals surface area contributed by atoms with Crippen LogP contribution in [0.2, 0.25) is 5.02 Å². The van der Waals surface area contributed by atoms with Crippen LogP contribution in [0.5, 0.6) is 11.5 Å². The zero-order valence-electron chi connectivity index (χ0n) is 17.0. The summed E-state index contributed by atoms with van der Waals surface area (Å²) in [6.45, 7) is 2.77. The highest BCUT2D eigenvalue weighted by Gasteiger charge is 2.22. The lowest BCUT2D eigenvalue weighted by molar-refractivity contribution is -0.120. The Balaban J connectivity index is 1.62. The second kappa shape index (κ2) is 9.81. The van der Waals surface area contributed by atoms with Crippen LogP contribution in [0.4, 0.5) is 5.13 Å². The molecule has 0 saturated carbocycles. The molecule has 0 radical (unpaired) electrons. The van der Waals surface area contributed by atoms with Crippen molar-refractivity contribution in [3.05, 3.63) is 83.4 Å². The molecule has 4 rings (SSSR count). The molecule has 0 N–H and O–H groups in total. The summed E-state index contributed by atoms with van der Waals surface area (Å²) in [5, 5.41) is 1.22. The smallest absolute Gasteiger partial charge is 0.267 e. The monoisotopic (exact) mass is 452 g/mol. The molecule has 0 fully saturated rings. The van der Waals surface area contributed by atoms with E-state index in [9.17, 15) is 4.79 Å². The quantitative estimate of drug-likeness (QED) is 0.331. The van der Waals surface area contributed by atoms with E-state index in [-0.39, 0.29) is 12.5 Å². The van der Waals surface area contributed by atoms with Crippen molar-refractivity contribution in [3.63, 3.8) is 0 Å². The molecule has 5 nitrogen and oxygen atoms in total. The molecule has 0 spiro atoms. The largest absolute Gasteiger partial charge is 0.492 e. The Hall–Kier alpha value is -3.09. The second-order valence-electron chi connectivity index (χ2n) is 6.74. The Morgan fingerprint density at radius 1 is 1.00 bits per heavy atom. The van der Waals surface area contributed by atoms with Gasteiger partial charge in [-0.05, 0) is 48.9 Å². The molecule has 0 aliphatic rings. The number of aromatic nitrogens is 1. The minimum atomic E-state index is -0.184. The first kappa shape index (κ1) is 21.2. The molecular weight excluding hydrogens is 432 g/mol. The van der Waals surface area contributed by atoms with Crippen molar-refractivity contribution in [1.82, 2.24) is 4.98 Å². The molecule has 1 aromatic heterocycles. The second-order valence-corrected chi connectivity index (χ2v) is 8.19. The zero-order valence-corrected chi connectivity index (χ0v) is 18.5. The number of anilines is 1. The molecule has 158 valence electrons. The van der Waals surface area contributed by atoms with E-state index in [1.165, 1.54) is 11.3 Å². The first-order valence-corrected chi connectivity index (χ1v) is 11.1. The Kier molecular flexibility index (Phi) is 6.70. The molecule has 0 saturated heterocycles. The van der Waals surface area contributed by atoms with Gasteiger partial charge in [-0.15, -0.1) is 0 Å². The van der Waals surface area contributed by atoms with Crippen molar-refractivity contribution >= 4 is 44.2 Å². The van der Waals surface area contributed by atoms with E-state index in [4.69, 9.17) is 26.1 Å². The number of rotatable bonds is 8. The van der Waals surface area contributed by atoms with Crippen LogP contribution in [0.1, 0.15) is 12.5 Å². The van der Waals surface area contributed by atoms with Crippen molar-refractivity contribution in [2.45, 2.75) is 13.5 Å². The van der Waals surface area contributed by atoms with Crippen molar-refractivity contribution in [2.75, 3.05) is 18.1 Å². The first-order valence-electron chi connectivity index (χ1n) is 9.89. The third-order valence-electron chi connectivity index (χ3n) is 4.56. The van der Waals surface area contributed by atoms with Crippen LogP contribution in [0.3, 0.4) is 0 Å². The SMILES string of the molecule is CCOc1cccc2sc(N(Cc3ccccc3)C(=O)COc3ccc(Cl)cc3)nc12. The highest BCUT2D eigenvalue weighted by Crippen LogP contribution is 2.35. The van der Waals surface area contributed by atoms with Crippen LogP contribution in [0, 0.1) is 0 Å². The lowest BCUT2D eigenvalue weighted by atomic mass is 10.2. The number of amides is 1. The van der Waals surface area contributed by atoms with Gasteiger partial charge in [-0.1, -0.05) is 59.3 Å². The predicted molar refractivity (Wildman–Crippen MR) is 125 cm³/mol. The number of benzene rings is 3. The van der Waals surface area contributed by atoms with Gasteiger partial charge in [0.15, 0.2) is 11.7 Å². The minimum Gasteiger partial charge on any atom is -0.492 e. The Morgan fingerprint density at radius 3 is 2.52 bits per heavy atom. The average Bonchev–Trinajstić information content (AvgIpc) is 3.23. The molecule has 0 atom stereocenters. The number of nitrogens with zero attached hydrogens (tertiary/aromatic N) is 2. The maximum atomic E-state index is 13.2.